The van der Waals surface area contributed by atoms with E-state index in [2.05, 4.69) is 13.2 Å². The van der Waals surface area contributed by atoms with Gasteiger partial charge in [0.1, 0.15) is 11.6 Å². The highest BCUT2D eigenvalue weighted by Crippen LogP contribution is 2.64. The van der Waals surface area contributed by atoms with Crippen molar-refractivity contribution in [3.63, 3.8) is 0 Å². The van der Waals surface area contributed by atoms with Gasteiger partial charge in [0.25, 0.3) is 5.91 Å². The van der Waals surface area contributed by atoms with Crippen LogP contribution in [-0.2, 0) is 19.1 Å². The van der Waals surface area contributed by atoms with Gasteiger partial charge in [-0.15, -0.1) is 13.2 Å². The second kappa shape index (κ2) is 12.3. The Kier molecular flexibility index (Phi) is 8.87. The van der Waals surface area contributed by atoms with Crippen LogP contribution in [0.4, 0.5) is 5.69 Å². The first-order valence-corrected chi connectivity index (χ1v) is 15.7. The lowest BCUT2D eigenvalue weighted by molar-refractivity contribution is -0.152. The summed E-state index contributed by atoms with van der Waals surface area (Å²) in [5, 5.41) is 10.8. The molecule has 1 N–H and O–H groups in total. The van der Waals surface area contributed by atoms with Crippen molar-refractivity contribution in [2.75, 3.05) is 31.1 Å². The van der Waals surface area contributed by atoms with Gasteiger partial charge in [0.05, 0.1) is 30.1 Å². The first-order chi connectivity index (χ1) is 21.1. The zero-order chi connectivity index (χ0) is 31.8. The van der Waals surface area contributed by atoms with Gasteiger partial charge in [0, 0.05) is 25.3 Å². The van der Waals surface area contributed by atoms with Crippen molar-refractivity contribution in [1.82, 2.24) is 9.80 Å². The van der Waals surface area contributed by atoms with E-state index < -0.39 is 35.1 Å². The lowest BCUT2D eigenvalue weighted by Gasteiger charge is -2.40. The average molecular weight is 600 g/mol. The van der Waals surface area contributed by atoms with Crippen LogP contribution in [0.1, 0.15) is 55.8 Å². The fourth-order valence-corrected chi connectivity index (χ4v) is 7.89. The minimum atomic E-state index is -1.23. The zero-order valence-corrected chi connectivity index (χ0v) is 26.4. The number of hydrogen-bond donors (Lipinski definition) is 1. The van der Waals surface area contributed by atoms with E-state index in [1.54, 1.807) is 22.0 Å². The molecule has 2 bridgehead atoms. The van der Waals surface area contributed by atoms with Gasteiger partial charge in [-0.25, -0.2) is 0 Å². The predicted octanol–water partition coefficient (Wildman–Crippen LogP) is 4.75. The minimum absolute atomic E-state index is 0.153. The molecule has 0 saturated carbocycles. The quantitative estimate of drug-likeness (QED) is 0.356. The van der Waals surface area contributed by atoms with E-state index in [0.29, 0.717) is 31.5 Å². The lowest BCUT2D eigenvalue weighted by Crippen LogP contribution is -2.57. The second-order valence-corrected chi connectivity index (χ2v) is 12.7. The third-order valence-corrected chi connectivity index (χ3v) is 9.80. The Balaban J connectivity index is 1.68. The Morgan fingerprint density at radius 2 is 1.80 bits per heavy atom. The summed E-state index contributed by atoms with van der Waals surface area (Å²) in [7, 11) is 0. The standard InChI is InChI=1S/C36H45N3O5/c1-7-19-37(20-8-2)32(41)29-30-33(42)39(28(23-40)26-13-11-10-12-14-26)31(36(30)18-17-35(29,6)44-36)34(43)38(21-9-3)27-22-24(4)15-16-25(27)5/h7,9-16,22,28-31,40H,1,3,8,17-21,23H2,2,4-6H3/t28-,29+,30+,31?,35-,36?/m1/s1. The maximum Gasteiger partial charge on any atom is 0.253 e. The van der Waals surface area contributed by atoms with Gasteiger partial charge in [-0.1, -0.05) is 61.5 Å². The van der Waals surface area contributed by atoms with Crippen molar-refractivity contribution < 1.29 is 24.2 Å². The summed E-state index contributed by atoms with van der Waals surface area (Å²) in [6, 6.07) is 13.3. The van der Waals surface area contributed by atoms with E-state index in [1.807, 2.05) is 76.2 Å². The molecular weight excluding hydrogens is 554 g/mol. The van der Waals surface area contributed by atoms with Crippen molar-refractivity contribution in [2.45, 2.75) is 70.2 Å². The van der Waals surface area contributed by atoms with Crippen molar-refractivity contribution in [3.05, 3.63) is 90.5 Å². The first kappa shape index (κ1) is 31.7. The number of carbonyl (C=O) groups is 3. The number of aryl methyl sites for hydroxylation is 2. The van der Waals surface area contributed by atoms with Gasteiger partial charge in [-0.2, -0.15) is 0 Å². The predicted molar refractivity (Wildman–Crippen MR) is 171 cm³/mol. The van der Waals surface area contributed by atoms with Crippen molar-refractivity contribution >= 4 is 23.4 Å². The molecule has 3 heterocycles. The Labute approximate surface area is 261 Å². The van der Waals surface area contributed by atoms with Gasteiger partial charge in [-0.05, 0) is 62.8 Å². The van der Waals surface area contributed by atoms with Crippen LogP contribution in [0.3, 0.4) is 0 Å². The summed E-state index contributed by atoms with van der Waals surface area (Å²) >= 11 is 0. The molecule has 44 heavy (non-hydrogen) atoms. The molecular formula is C36H45N3O5. The normalized spacial score (nSPS) is 27.6. The molecule has 234 valence electrons. The molecule has 8 heteroatoms. The van der Waals surface area contributed by atoms with Crippen LogP contribution in [0.25, 0.3) is 0 Å². The van der Waals surface area contributed by atoms with E-state index in [-0.39, 0.29) is 30.9 Å². The molecule has 6 atom stereocenters. The van der Waals surface area contributed by atoms with E-state index in [9.17, 15) is 14.7 Å². The Morgan fingerprint density at radius 1 is 1.09 bits per heavy atom. The number of anilines is 1. The highest BCUT2D eigenvalue weighted by Gasteiger charge is 2.79. The van der Waals surface area contributed by atoms with E-state index in [1.165, 1.54) is 4.90 Å². The highest BCUT2D eigenvalue weighted by atomic mass is 16.5. The number of benzene rings is 2. The molecule has 3 aliphatic heterocycles. The van der Waals surface area contributed by atoms with Gasteiger partial charge < -0.3 is 24.5 Å². The van der Waals surface area contributed by atoms with Crippen molar-refractivity contribution in [3.8, 4) is 0 Å². The summed E-state index contributed by atoms with van der Waals surface area (Å²) in [5.41, 5.74) is 1.22. The Morgan fingerprint density at radius 3 is 2.43 bits per heavy atom. The third-order valence-electron chi connectivity index (χ3n) is 9.80. The molecule has 3 saturated heterocycles. The molecule has 5 rings (SSSR count). The number of fused-ring (bicyclic) bond motifs is 1. The summed E-state index contributed by atoms with van der Waals surface area (Å²) in [4.78, 5) is 49.2. The van der Waals surface area contributed by atoms with Crippen molar-refractivity contribution in [1.29, 1.82) is 0 Å². The Hall–Kier alpha value is -3.75. The number of carbonyl (C=O) groups excluding carboxylic acids is 3. The average Bonchev–Trinajstić information content (AvgIpc) is 3.58. The van der Waals surface area contributed by atoms with Crippen LogP contribution in [0.15, 0.2) is 73.8 Å². The fourth-order valence-electron chi connectivity index (χ4n) is 7.89. The van der Waals surface area contributed by atoms with Gasteiger partial charge in [0.2, 0.25) is 11.8 Å². The summed E-state index contributed by atoms with van der Waals surface area (Å²) in [6.45, 7) is 16.3. The highest BCUT2D eigenvalue weighted by molar-refractivity contribution is 6.05. The zero-order valence-electron chi connectivity index (χ0n) is 26.4. The van der Waals surface area contributed by atoms with Gasteiger partial charge >= 0.3 is 0 Å². The number of amides is 3. The van der Waals surface area contributed by atoms with Gasteiger partial charge in [0.15, 0.2) is 0 Å². The minimum Gasteiger partial charge on any atom is -0.394 e. The summed E-state index contributed by atoms with van der Waals surface area (Å²) in [6.07, 6.45) is 5.12. The van der Waals surface area contributed by atoms with Crippen LogP contribution in [0.5, 0.6) is 0 Å². The molecule has 0 aliphatic carbocycles. The second-order valence-electron chi connectivity index (χ2n) is 12.7. The largest absolute Gasteiger partial charge is 0.394 e. The fraction of sp³-hybridized carbons (Fsp3) is 0.472. The first-order valence-electron chi connectivity index (χ1n) is 15.7. The molecule has 3 amide bonds. The van der Waals surface area contributed by atoms with Crippen LogP contribution < -0.4 is 4.90 Å². The van der Waals surface area contributed by atoms with Crippen LogP contribution in [0, 0.1) is 25.7 Å². The van der Waals surface area contributed by atoms with Crippen LogP contribution in [-0.4, -0.2) is 76.1 Å². The molecule has 3 fully saturated rings. The van der Waals surface area contributed by atoms with E-state index >= 15 is 4.79 Å². The van der Waals surface area contributed by atoms with E-state index in [0.717, 1.165) is 23.2 Å². The molecule has 3 aliphatic rings. The third kappa shape index (κ3) is 4.98. The number of nitrogens with zero attached hydrogens (tertiary/aromatic N) is 3. The summed E-state index contributed by atoms with van der Waals surface area (Å²) < 4.78 is 6.90. The number of rotatable bonds is 12. The number of likely N-dealkylation sites (tertiary alicyclic amines) is 1. The maximum absolute atomic E-state index is 15.1. The molecule has 0 radical (unpaired) electrons. The van der Waals surface area contributed by atoms with Crippen molar-refractivity contribution in [2.24, 2.45) is 11.8 Å². The monoisotopic (exact) mass is 599 g/mol. The van der Waals surface area contributed by atoms with Crippen LogP contribution >= 0.6 is 0 Å². The van der Waals surface area contributed by atoms with E-state index in [4.69, 9.17) is 4.74 Å². The molecule has 2 aromatic carbocycles. The molecule has 1 spiro atoms. The topological polar surface area (TPSA) is 90.4 Å². The molecule has 2 unspecified atom stereocenters. The molecule has 8 nitrogen and oxygen atoms in total. The SMILES string of the molecule is C=CCN(CCC)C(=O)[C@@H]1[C@H]2C(=O)N([C@H](CO)c3ccccc3)C(C(=O)N(CC=C)c3cc(C)ccc3C)C23CC[C@@]1(C)O3. The lowest BCUT2D eigenvalue weighted by atomic mass is 9.66. The van der Waals surface area contributed by atoms with Crippen LogP contribution in [0.2, 0.25) is 0 Å². The maximum atomic E-state index is 15.1. The molecule has 2 aromatic rings. The van der Waals surface area contributed by atoms with Gasteiger partial charge in [-0.3, -0.25) is 14.4 Å². The number of aliphatic hydroxyl groups is 1. The molecule has 0 aromatic heterocycles. The number of ether oxygens (including phenoxy) is 1. The number of hydrogen-bond acceptors (Lipinski definition) is 5. The smallest absolute Gasteiger partial charge is 0.253 e. The summed E-state index contributed by atoms with van der Waals surface area (Å²) in [5.74, 6) is -2.42. The number of aliphatic hydroxyl groups excluding tert-OH is 1. The Bertz CT molecular complexity index is 1440.